The summed E-state index contributed by atoms with van der Waals surface area (Å²) in [5.74, 6) is 0.454. The van der Waals surface area contributed by atoms with Crippen LogP contribution in [0.1, 0.15) is 30.9 Å². The molecule has 1 aliphatic carbocycles. The van der Waals surface area contributed by atoms with Crippen molar-refractivity contribution in [2.24, 2.45) is 0 Å². The lowest BCUT2D eigenvalue weighted by Crippen LogP contribution is -2.34. The van der Waals surface area contributed by atoms with Crippen molar-refractivity contribution in [3.05, 3.63) is 58.8 Å². The van der Waals surface area contributed by atoms with Gasteiger partial charge in [-0.2, -0.15) is 10.2 Å². The van der Waals surface area contributed by atoms with Gasteiger partial charge >= 0.3 is 0 Å². The smallest absolute Gasteiger partial charge is 0.275 e. The molecule has 1 aromatic carbocycles. The number of rotatable bonds is 7. The summed E-state index contributed by atoms with van der Waals surface area (Å²) in [6.07, 6.45) is 6.74. The number of amides is 1. The summed E-state index contributed by atoms with van der Waals surface area (Å²) in [5, 5.41) is 12.6. The molecule has 26 heavy (non-hydrogen) atoms. The Morgan fingerprint density at radius 1 is 1.15 bits per heavy atom. The zero-order valence-corrected chi connectivity index (χ0v) is 14.5. The highest BCUT2D eigenvalue weighted by atomic mass is 16.2. The molecule has 0 saturated heterocycles. The lowest BCUT2D eigenvalue weighted by molar-refractivity contribution is -0.121. The molecule has 0 bridgehead atoms. The number of carbonyl (C=O) groups excluding carboxylic acids is 1. The van der Waals surface area contributed by atoms with Crippen LogP contribution in [0.25, 0.3) is 10.8 Å². The van der Waals surface area contributed by atoms with Crippen LogP contribution in [-0.2, 0) is 17.9 Å². The molecule has 134 valence electrons. The third kappa shape index (κ3) is 3.51. The van der Waals surface area contributed by atoms with Crippen molar-refractivity contribution in [1.29, 1.82) is 0 Å². The van der Waals surface area contributed by atoms with Crippen LogP contribution in [0, 0.1) is 0 Å². The molecule has 1 aliphatic rings. The van der Waals surface area contributed by atoms with Crippen LogP contribution in [-0.4, -0.2) is 32.0 Å². The Balaban J connectivity index is 1.29. The molecule has 3 aromatic rings. The molecule has 0 spiro atoms. The van der Waals surface area contributed by atoms with Crippen molar-refractivity contribution in [3.63, 3.8) is 0 Å². The summed E-state index contributed by atoms with van der Waals surface area (Å²) < 4.78 is 3.23. The molecule has 4 rings (SSSR count). The fourth-order valence-electron chi connectivity index (χ4n) is 3.14. The van der Waals surface area contributed by atoms with Crippen LogP contribution in [0.15, 0.2) is 47.5 Å². The maximum atomic E-state index is 12.4. The van der Waals surface area contributed by atoms with Crippen molar-refractivity contribution < 1.29 is 4.79 Å². The highest BCUT2D eigenvalue weighted by Crippen LogP contribution is 2.39. The molecule has 0 radical (unpaired) electrons. The second-order valence-electron chi connectivity index (χ2n) is 6.65. The van der Waals surface area contributed by atoms with E-state index in [0.29, 0.717) is 17.8 Å². The maximum absolute atomic E-state index is 12.4. The number of aryl methyl sites for hydroxylation is 1. The monoisotopic (exact) mass is 351 g/mol. The minimum atomic E-state index is -0.246. The minimum Gasteiger partial charge on any atom is -0.354 e. The van der Waals surface area contributed by atoms with E-state index < -0.39 is 0 Å². The molecule has 7 heteroatoms. The van der Waals surface area contributed by atoms with E-state index in [9.17, 15) is 9.59 Å². The number of fused-ring (bicyclic) bond motifs is 1. The third-order valence-corrected chi connectivity index (χ3v) is 4.67. The van der Waals surface area contributed by atoms with Gasteiger partial charge in [0.15, 0.2) is 0 Å². The van der Waals surface area contributed by atoms with Gasteiger partial charge in [-0.1, -0.05) is 18.2 Å². The Morgan fingerprint density at radius 3 is 2.85 bits per heavy atom. The Labute approximate surface area is 150 Å². The van der Waals surface area contributed by atoms with E-state index in [2.05, 4.69) is 21.6 Å². The normalized spacial score (nSPS) is 13.8. The molecule has 0 unspecified atom stereocenters. The Hall–Kier alpha value is -2.96. The lowest BCUT2D eigenvalue weighted by atomic mass is 10.2. The number of benzene rings is 1. The minimum absolute atomic E-state index is 0.0707. The number of hydrogen-bond acceptors (Lipinski definition) is 4. The van der Waals surface area contributed by atoms with Gasteiger partial charge in [0.1, 0.15) is 6.54 Å². The molecule has 1 amide bonds. The van der Waals surface area contributed by atoms with Gasteiger partial charge in [0.25, 0.3) is 5.56 Å². The SMILES string of the molecule is O=C(Cn1ncc2ccccc2c1=O)NCCCn1nccc1C1CC1. The van der Waals surface area contributed by atoms with E-state index in [1.807, 2.05) is 23.0 Å². The number of nitrogens with one attached hydrogen (secondary N) is 1. The highest BCUT2D eigenvalue weighted by Gasteiger charge is 2.26. The molecule has 2 heterocycles. The Morgan fingerprint density at radius 2 is 2.00 bits per heavy atom. The first-order chi connectivity index (χ1) is 12.7. The van der Waals surface area contributed by atoms with Gasteiger partial charge < -0.3 is 5.32 Å². The predicted octanol–water partition coefficient (Wildman–Crippen LogP) is 1.68. The van der Waals surface area contributed by atoms with E-state index in [4.69, 9.17) is 0 Å². The highest BCUT2D eigenvalue weighted by molar-refractivity contribution is 5.81. The summed E-state index contributed by atoms with van der Waals surface area (Å²) in [6, 6.07) is 9.32. The molecule has 1 fully saturated rings. The second kappa shape index (κ2) is 7.11. The van der Waals surface area contributed by atoms with Gasteiger partial charge in [0, 0.05) is 36.3 Å². The van der Waals surface area contributed by atoms with Gasteiger partial charge in [-0.25, -0.2) is 4.68 Å². The number of hydrogen-bond donors (Lipinski definition) is 1. The van der Waals surface area contributed by atoms with E-state index in [0.717, 1.165) is 18.4 Å². The summed E-state index contributed by atoms with van der Waals surface area (Å²) in [6.45, 7) is 1.26. The van der Waals surface area contributed by atoms with Crippen molar-refractivity contribution in [3.8, 4) is 0 Å². The van der Waals surface area contributed by atoms with Gasteiger partial charge in [-0.15, -0.1) is 0 Å². The van der Waals surface area contributed by atoms with Gasteiger partial charge in [0.2, 0.25) is 5.91 Å². The van der Waals surface area contributed by atoms with Gasteiger partial charge in [-0.05, 0) is 31.4 Å². The fraction of sp³-hybridized carbons (Fsp3) is 0.368. The average Bonchev–Trinajstić information content (AvgIpc) is 3.40. The standard InChI is InChI=1S/C19H21N5O2/c25-18(13-24-19(26)16-5-2-1-4-15(16)12-22-24)20-9-3-11-23-17(8-10-21-23)14-6-7-14/h1-2,4-5,8,10,12,14H,3,6-7,9,11,13H2,(H,20,25). The topological polar surface area (TPSA) is 81.8 Å². The number of aromatic nitrogens is 4. The lowest BCUT2D eigenvalue weighted by Gasteiger charge is -2.09. The molecular formula is C19H21N5O2. The summed E-state index contributed by atoms with van der Waals surface area (Å²) in [7, 11) is 0. The van der Waals surface area contributed by atoms with Crippen LogP contribution in [0.5, 0.6) is 0 Å². The first-order valence-corrected chi connectivity index (χ1v) is 8.95. The van der Waals surface area contributed by atoms with Gasteiger partial charge in [-0.3, -0.25) is 14.3 Å². The van der Waals surface area contributed by atoms with Crippen molar-refractivity contribution in [2.45, 2.75) is 38.3 Å². The molecule has 7 nitrogen and oxygen atoms in total. The van der Waals surface area contributed by atoms with Crippen LogP contribution >= 0.6 is 0 Å². The molecule has 0 atom stereocenters. The summed E-state index contributed by atoms with van der Waals surface area (Å²) >= 11 is 0. The maximum Gasteiger partial charge on any atom is 0.275 e. The quantitative estimate of drug-likeness (QED) is 0.657. The van der Waals surface area contributed by atoms with E-state index >= 15 is 0 Å². The molecular weight excluding hydrogens is 330 g/mol. The molecule has 1 saturated carbocycles. The van der Waals surface area contributed by atoms with Crippen molar-refractivity contribution in [2.75, 3.05) is 6.54 Å². The molecule has 2 aromatic heterocycles. The van der Waals surface area contributed by atoms with E-state index in [-0.39, 0.29) is 18.0 Å². The van der Waals surface area contributed by atoms with Crippen molar-refractivity contribution in [1.82, 2.24) is 24.9 Å². The van der Waals surface area contributed by atoms with Gasteiger partial charge in [0.05, 0.1) is 11.6 Å². The average molecular weight is 351 g/mol. The first-order valence-electron chi connectivity index (χ1n) is 8.95. The van der Waals surface area contributed by atoms with Crippen LogP contribution in [0.3, 0.4) is 0 Å². The zero-order valence-electron chi connectivity index (χ0n) is 14.5. The van der Waals surface area contributed by atoms with Crippen molar-refractivity contribution >= 4 is 16.7 Å². The van der Waals surface area contributed by atoms with E-state index in [1.165, 1.54) is 23.2 Å². The number of nitrogens with zero attached hydrogens (tertiary/aromatic N) is 4. The summed E-state index contributed by atoms with van der Waals surface area (Å²) in [4.78, 5) is 24.5. The second-order valence-corrected chi connectivity index (χ2v) is 6.65. The first kappa shape index (κ1) is 16.5. The molecule has 0 aliphatic heterocycles. The number of carbonyl (C=O) groups is 1. The third-order valence-electron chi connectivity index (χ3n) is 4.67. The Bertz CT molecular complexity index is 987. The van der Waals surface area contributed by atoms with Crippen LogP contribution in [0.4, 0.5) is 0 Å². The van der Waals surface area contributed by atoms with E-state index in [1.54, 1.807) is 18.3 Å². The largest absolute Gasteiger partial charge is 0.354 e. The van der Waals surface area contributed by atoms with Crippen LogP contribution in [0.2, 0.25) is 0 Å². The fourth-order valence-corrected chi connectivity index (χ4v) is 3.14. The van der Waals surface area contributed by atoms with Crippen LogP contribution < -0.4 is 10.9 Å². The molecule has 1 N–H and O–H groups in total. The zero-order chi connectivity index (χ0) is 17.9. The summed E-state index contributed by atoms with van der Waals surface area (Å²) in [5.41, 5.74) is 1.05. The Kier molecular flexibility index (Phi) is 4.51. The predicted molar refractivity (Wildman–Crippen MR) is 97.8 cm³/mol.